The predicted molar refractivity (Wildman–Crippen MR) is 126 cm³/mol. The summed E-state index contributed by atoms with van der Waals surface area (Å²) in [7, 11) is 0. The number of hydrogen-bond donors (Lipinski definition) is 0. The van der Waals surface area contributed by atoms with Gasteiger partial charge in [-0.1, -0.05) is 48.5 Å². The molecule has 5 rings (SSSR count). The van der Waals surface area contributed by atoms with Crippen LogP contribution in [0.25, 0.3) is 0 Å². The van der Waals surface area contributed by atoms with E-state index in [1.54, 1.807) is 12.1 Å². The van der Waals surface area contributed by atoms with Crippen molar-refractivity contribution in [3.63, 3.8) is 0 Å². The second-order valence-corrected chi connectivity index (χ2v) is 9.83. The highest BCUT2D eigenvalue weighted by atomic mass is 16.6. The molecule has 0 saturated heterocycles. The fraction of sp³-hybridized carbons (Fsp3) is 0.286. The van der Waals surface area contributed by atoms with Crippen LogP contribution in [0.1, 0.15) is 60.3 Å². The summed E-state index contributed by atoms with van der Waals surface area (Å²) in [5.41, 5.74) is 5.26. The number of ether oxygens (including phenoxy) is 2. The van der Waals surface area contributed by atoms with E-state index in [9.17, 15) is 4.79 Å². The van der Waals surface area contributed by atoms with Gasteiger partial charge >= 0.3 is 5.97 Å². The molecule has 0 spiro atoms. The van der Waals surface area contributed by atoms with Gasteiger partial charge in [-0.25, -0.2) is 4.79 Å². The lowest BCUT2D eigenvalue weighted by Gasteiger charge is -2.31. The van der Waals surface area contributed by atoms with Gasteiger partial charge in [0.15, 0.2) is 11.5 Å². The Balaban J connectivity index is 1.67. The Labute approximate surface area is 188 Å². The van der Waals surface area contributed by atoms with Crippen molar-refractivity contribution in [1.29, 1.82) is 0 Å². The molecule has 3 aromatic carbocycles. The van der Waals surface area contributed by atoms with Gasteiger partial charge in [-0.05, 0) is 57.9 Å². The molecule has 3 aromatic rings. The highest BCUT2D eigenvalue weighted by Crippen LogP contribution is 2.48. The lowest BCUT2D eigenvalue weighted by Crippen LogP contribution is -2.30. The Morgan fingerprint density at radius 2 is 1.59 bits per heavy atom. The molecule has 0 N–H and O–H groups in total. The first-order valence-electron chi connectivity index (χ1n) is 11.0. The molecule has 4 nitrogen and oxygen atoms in total. The van der Waals surface area contributed by atoms with E-state index < -0.39 is 0 Å². The van der Waals surface area contributed by atoms with Crippen molar-refractivity contribution in [2.24, 2.45) is 4.99 Å². The molecule has 2 aliphatic heterocycles. The maximum Gasteiger partial charge on any atom is 0.343 e. The first kappa shape index (κ1) is 20.5. The molecular weight excluding hydrogens is 398 g/mol. The summed E-state index contributed by atoms with van der Waals surface area (Å²) in [5.74, 6) is 0.762. The predicted octanol–water partition coefficient (Wildman–Crippen LogP) is 5.79. The topological polar surface area (TPSA) is 47.9 Å². The second-order valence-electron chi connectivity index (χ2n) is 9.83. The van der Waals surface area contributed by atoms with Gasteiger partial charge in [0.1, 0.15) is 5.60 Å². The van der Waals surface area contributed by atoms with Crippen LogP contribution < -0.4 is 9.47 Å². The summed E-state index contributed by atoms with van der Waals surface area (Å²) < 4.78 is 12.2. The van der Waals surface area contributed by atoms with E-state index in [0.717, 1.165) is 40.8 Å². The van der Waals surface area contributed by atoms with E-state index in [-0.39, 0.29) is 17.1 Å². The van der Waals surface area contributed by atoms with Gasteiger partial charge in [-0.3, -0.25) is 4.99 Å². The van der Waals surface area contributed by atoms with Crippen molar-refractivity contribution < 1.29 is 14.3 Å². The molecule has 0 atom stereocenters. The number of nitrogens with zero attached hydrogens (tertiary/aromatic N) is 1. The first-order chi connectivity index (χ1) is 15.2. The molecule has 0 aromatic heterocycles. The zero-order valence-electron chi connectivity index (χ0n) is 18.9. The van der Waals surface area contributed by atoms with E-state index in [1.807, 2.05) is 42.5 Å². The molecule has 2 aliphatic rings. The lowest BCUT2D eigenvalue weighted by molar-refractivity contribution is 0.0715. The summed E-state index contributed by atoms with van der Waals surface area (Å²) in [4.78, 5) is 18.0. The maximum atomic E-state index is 12.9. The fourth-order valence-corrected chi connectivity index (χ4v) is 4.68. The van der Waals surface area contributed by atoms with Gasteiger partial charge in [0.25, 0.3) is 0 Å². The summed E-state index contributed by atoms with van der Waals surface area (Å²) in [6, 6.07) is 21.3. The van der Waals surface area contributed by atoms with Crippen LogP contribution in [-0.4, -0.2) is 22.8 Å². The number of hydrogen-bond acceptors (Lipinski definition) is 4. The van der Waals surface area contributed by atoms with Gasteiger partial charge < -0.3 is 9.47 Å². The molecule has 0 fully saturated rings. The van der Waals surface area contributed by atoms with Crippen LogP contribution in [0.4, 0.5) is 0 Å². The molecule has 4 heteroatoms. The lowest BCUT2D eigenvalue weighted by atomic mass is 9.81. The Kier molecular flexibility index (Phi) is 4.70. The van der Waals surface area contributed by atoms with Crippen LogP contribution in [-0.2, 0) is 12.8 Å². The Hall–Kier alpha value is -3.40. The standard InChI is InChI=1S/C28H27NO3/c1-27(2)16-20-15-22(31-26(30)19-13-9-6-10-14-19)25-21(17-28(3,4)32-25)23(20)24(29-27)18-11-7-5-8-12-18/h5-15H,16-17H2,1-4H3. The smallest absolute Gasteiger partial charge is 0.343 e. The molecule has 2 heterocycles. The van der Waals surface area contributed by atoms with E-state index in [1.165, 1.54) is 0 Å². The van der Waals surface area contributed by atoms with Crippen molar-refractivity contribution in [2.75, 3.05) is 0 Å². The second kappa shape index (κ2) is 7.33. The number of aliphatic imine (C=N–C) groups is 1. The van der Waals surface area contributed by atoms with Crippen molar-refractivity contribution in [3.05, 3.63) is 94.5 Å². The zero-order valence-corrected chi connectivity index (χ0v) is 18.9. The third-order valence-corrected chi connectivity index (χ3v) is 5.94. The minimum Gasteiger partial charge on any atom is -0.483 e. The van der Waals surface area contributed by atoms with Crippen molar-refractivity contribution >= 4 is 11.7 Å². The molecule has 0 amide bonds. The quantitative estimate of drug-likeness (QED) is 0.394. The monoisotopic (exact) mass is 425 g/mol. The van der Waals surface area contributed by atoms with E-state index in [0.29, 0.717) is 17.1 Å². The number of carbonyl (C=O) groups is 1. The molecule has 0 unspecified atom stereocenters. The molecule has 0 aliphatic carbocycles. The SMILES string of the molecule is CC1(C)Cc2cc(OC(=O)c3ccccc3)c3c(c2C(c2ccccc2)=N1)CC(C)(C)O3. The Morgan fingerprint density at radius 1 is 0.938 bits per heavy atom. The zero-order chi connectivity index (χ0) is 22.5. The summed E-state index contributed by atoms with van der Waals surface area (Å²) in [6.45, 7) is 8.41. The molecule has 162 valence electrons. The minimum atomic E-state index is -0.389. The van der Waals surface area contributed by atoms with E-state index in [2.05, 4.69) is 39.8 Å². The average Bonchev–Trinajstić information content (AvgIpc) is 3.09. The van der Waals surface area contributed by atoms with Crippen LogP contribution in [0.15, 0.2) is 71.7 Å². The number of esters is 1. The third kappa shape index (κ3) is 3.70. The van der Waals surface area contributed by atoms with Crippen molar-refractivity contribution in [2.45, 2.75) is 51.7 Å². The van der Waals surface area contributed by atoms with Crippen molar-refractivity contribution in [3.8, 4) is 11.5 Å². The Morgan fingerprint density at radius 3 is 2.28 bits per heavy atom. The molecular formula is C28H27NO3. The van der Waals surface area contributed by atoms with Gasteiger partial charge in [-0.15, -0.1) is 0 Å². The molecule has 32 heavy (non-hydrogen) atoms. The van der Waals surface area contributed by atoms with Gasteiger partial charge in [-0.2, -0.15) is 0 Å². The molecule has 0 bridgehead atoms. The maximum absolute atomic E-state index is 12.9. The van der Waals surface area contributed by atoms with E-state index >= 15 is 0 Å². The first-order valence-corrected chi connectivity index (χ1v) is 11.0. The Bertz CT molecular complexity index is 1220. The minimum absolute atomic E-state index is 0.262. The number of rotatable bonds is 3. The molecule has 0 radical (unpaired) electrons. The third-order valence-electron chi connectivity index (χ3n) is 5.94. The summed E-state index contributed by atoms with van der Waals surface area (Å²) in [6.07, 6.45) is 1.50. The van der Waals surface area contributed by atoms with Gasteiger partial charge in [0, 0.05) is 23.1 Å². The van der Waals surface area contributed by atoms with Crippen molar-refractivity contribution in [1.82, 2.24) is 0 Å². The van der Waals surface area contributed by atoms with Crippen LogP contribution in [0.2, 0.25) is 0 Å². The van der Waals surface area contributed by atoms with Crippen LogP contribution >= 0.6 is 0 Å². The number of carbonyl (C=O) groups excluding carboxylic acids is 1. The van der Waals surface area contributed by atoms with Crippen LogP contribution in [0.5, 0.6) is 11.5 Å². The van der Waals surface area contributed by atoms with Gasteiger partial charge in [0.2, 0.25) is 0 Å². The fourth-order valence-electron chi connectivity index (χ4n) is 4.68. The summed E-state index contributed by atoms with van der Waals surface area (Å²) >= 11 is 0. The van der Waals surface area contributed by atoms with Gasteiger partial charge in [0.05, 0.1) is 16.8 Å². The molecule has 0 saturated carbocycles. The van der Waals surface area contributed by atoms with Crippen LogP contribution in [0, 0.1) is 0 Å². The number of fused-ring (bicyclic) bond motifs is 3. The largest absolute Gasteiger partial charge is 0.483 e. The average molecular weight is 426 g/mol. The summed E-state index contributed by atoms with van der Waals surface area (Å²) in [5, 5.41) is 0. The van der Waals surface area contributed by atoms with E-state index in [4.69, 9.17) is 14.5 Å². The van der Waals surface area contributed by atoms with Crippen LogP contribution in [0.3, 0.4) is 0 Å². The highest BCUT2D eigenvalue weighted by Gasteiger charge is 2.40. The highest BCUT2D eigenvalue weighted by molar-refractivity contribution is 6.16. The normalized spacial score (nSPS) is 17.6. The number of benzene rings is 3.